The maximum Gasteiger partial charge on any atom is 0.262 e. The first-order valence-corrected chi connectivity index (χ1v) is 11.7. The standard InChI is InChI=1S/C21H23ClN2O6S/c1-28-19-6-5-16(22)14-18(19)23-31(26,27)17-4-2-3-15(13-17)20(25)24-9-7-21(8-10-24)29-11-12-30-21/h2-6,13-14,23H,7-12H2,1H3. The number of likely N-dealkylation sites (tertiary alicyclic amines) is 1. The first kappa shape index (κ1) is 21.9. The zero-order chi connectivity index (χ0) is 22.1. The molecule has 166 valence electrons. The Kier molecular flexibility index (Phi) is 6.11. The monoisotopic (exact) mass is 466 g/mol. The smallest absolute Gasteiger partial charge is 0.262 e. The summed E-state index contributed by atoms with van der Waals surface area (Å²) in [6.45, 7) is 2.10. The molecule has 2 heterocycles. The van der Waals surface area contributed by atoms with Crippen molar-refractivity contribution in [3.8, 4) is 5.75 Å². The Morgan fingerprint density at radius 3 is 2.52 bits per heavy atom. The van der Waals surface area contributed by atoms with Gasteiger partial charge in [-0.05, 0) is 36.4 Å². The van der Waals surface area contributed by atoms with Crippen molar-refractivity contribution in [3.63, 3.8) is 0 Å². The van der Waals surface area contributed by atoms with E-state index in [-0.39, 0.29) is 16.5 Å². The number of hydrogen-bond acceptors (Lipinski definition) is 6. The van der Waals surface area contributed by atoms with E-state index in [2.05, 4.69) is 4.72 Å². The Labute approximate surface area is 186 Å². The topological polar surface area (TPSA) is 94.2 Å². The number of benzene rings is 2. The van der Waals surface area contributed by atoms with Gasteiger partial charge in [0.2, 0.25) is 0 Å². The lowest BCUT2D eigenvalue weighted by Gasteiger charge is -2.37. The molecule has 31 heavy (non-hydrogen) atoms. The Hall–Kier alpha value is -2.33. The number of rotatable bonds is 5. The maximum absolute atomic E-state index is 13.0. The van der Waals surface area contributed by atoms with Crippen LogP contribution in [-0.4, -0.2) is 58.4 Å². The Bertz CT molecular complexity index is 1080. The highest BCUT2D eigenvalue weighted by Crippen LogP contribution is 2.32. The van der Waals surface area contributed by atoms with E-state index in [9.17, 15) is 13.2 Å². The van der Waals surface area contributed by atoms with E-state index in [1.54, 1.807) is 29.2 Å². The van der Waals surface area contributed by atoms with E-state index in [1.807, 2.05) is 0 Å². The highest BCUT2D eigenvalue weighted by Gasteiger charge is 2.40. The van der Waals surface area contributed by atoms with Crippen LogP contribution < -0.4 is 9.46 Å². The molecular formula is C21H23ClN2O6S. The predicted molar refractivity (Wildman–Crippen MR) is 115 cm³/mol. The molecule has 1 spiro atoms. The summed E-state index contributed by atoms with van der Waals surface area (Å²) >= 11 is 5.99. The molecule has 0 aromatic heterocycles. The number of nitrogens with zero attached hydrogens (tertiary/aromatic N) is 1. The van der Waals surface area contributed by atoms with Gasteiger partial charge in [-0.3, -0.25) is 9.52 Å². The van der Waals surface area contributed by atoms with Gasteiger partial charge >= 0.3 is 0 Å². The van der Waals surface area contributed by atoms with Gasteiger partial charge in [-0.2, -0.15) is 0 Å². The number of sulfonamides is 1. The van der Waals surface area contributed by atoms with E-state index in [1.165, 1.54) is 25.3 Å². The van der Waals surface area contributed by atoms with E-state index in [0.29, 0.717) is 55.5 Å². The molecule has 2 aromatic carbocycles. The van der Waals surface area contributed by atoms with Crippen molar-refractivity contribution in [3.05, 3.63) is 53.1 Å². The molecule has 0 aliphatic carbocycles. The Balaban J connectivity index is 1.51. The highest BCUT2D eigenvalue weighted by molar-refractivity contribution is 7.92. The number of piperidine rings is 1. The fourth-order valence-electron chi connectivity index (χ4n) is 3.78. The summed E-state index contributed by atoms with van der Waals surface area (Å²) in [6, 6.07) is 10.6. The van der Waals surface area contributed by atoms with Crippen molar-refractivity contribution in [1.29, 1.82) is 0 Å². The van der Waals surface area contributed by atoms with Crippen LogP contribution in [-0.2, 0) is 19.5 Å². The number of amides is 1. The fraction of sp³-hybridized carbons (Fsp3) is 0.381. The number of halogens is 1. The zero-order valence-electron chi connectivity index (χ0n) is 17.0. The third-order valence-electron chi connectivity index (χ3n) is 5.42. The largest absolute Gasteiger partial charge is 0.495 e. The first-order chi connectivity index (χ1) is 14.8. The molecule has 8 nitrogen and oxygen atoms in total. The number of methoxy groups -OCH3 is 1. The molecule has 2 aliphatic rings. The lowest BCUT2D eigenvalue weighted by atomic mass is 10.0. The van der Waals surface area contributed by atoms with Crippen molar-refractivity contribution in [2.45, 2.75) is 23.5 Å². The fourth-order valence-corrected chi connectivity index (χ4v) is 5.06. The molecular weight excluding hydrogens is 444 g/mol. The SMILES string of the molecule is COc1ccc(Cl)cc1NS(=O)(=O)c1cccc(C(=O)N2CCC3(CC2)OCCO3)c1. The van der Waals surface area contributed by atoms with Crippen LogP contribution >= 0.6 is 11.6 Å². The summed E-state index contributed by atoms with van der Waals surface area (Å²) < 4.78 is 44.9. The minimum atomic E-state index is -3.97. The lowest BCUT2D eigenvalue weighted by Crippen LogP contribution is -2.47. The molecule has 0 atom stereocenters. The van der Waals surface area contributed by atoms with Gasteiger partial charge in [-0.15, -0.1) is 0 Å². The third-order valence-corrected chi connectivity index (χ3v) is 7.02. The van der Waals surface area contributed by atoms with Gasteiger partial charge in [0.1, 0.15) is 5.75 Å². The maximum atomic E-state index is 13.0. The van der Waals surface area contributed by atoms with Crippen molar-refractivity contribution in [2.24, 2.45) is 0 Å². The second-order valence-corrected chi connectivity index (χ2v) is 9.50. The molecule has 0 unspecified atom stereocenters. The predicted octanol–water partition coefficient (Wildman–Crippen LogP) is 3.13. The molecule has 0 saturated carbocycles. The summed E-state index contributed by atoms with van der Waals surface area (Å²) in [5.74, 6) is -0.480. The van der Waals surface area contributed by atoms with Crippen molar-refractivity contribution < 1.29 is 27.4 Å². The molecule has 2 aliphatic heterocycles. The third kappa shape index (κ3) is 4.64. The van der Waals surface area contributed by atoms with Gasteiger partial charge in [0, 0.05) is 36.5 Å². The lowest BCUT2D eigenvalue weighted by molar-refractivity contribution is -0.181. The first-order valence-electron chi connectivity index (χ1n) is 9.86. The van der Waals surface area contributed by atoms with Crippen LogP contribution in [0.3, 0.4) is 0 Å². The second-order valence-electron chi connectivity index (χ2n) is 7.38. The molecule has 1 amide bonds. The van der Waals surface area contributed by atoms with Gasteiger partial charge < -0.3 is 19.1 Å². The number of carbonyl (C=O) groups excluding carboxylic acids is 1. The number of anilines is 1. The normalized spacial score (nSPS) is 18.2. The quantitative estimate of drug-likeness (QED) is 0.727. The zero-order valence-corrected chi connectivity index (χ0v) is 18.5. The summed E-state index contributed by atoms with van der Waals surface area (Å²) in [4.78, 5) is 14.6. The summed E-state index contributed by atoms with van der Waals surface area (Å²) in [6.07, 6.45) is 1.18. The highest BCUT2D eigenvalue weighted by atomic mass is 35.5. The van der Waals surface area contributed by atoms with E-state index < -0.39 is 15.8 Å². The molecule has 2 fully saturated rings. The Morgan fingerprint density at radius 1 is 1.13 bits per heavy atom. The van der Waals surface area contributed by atoms with Gasteiger partial charge in [0.25, 0.3) is 15.9 Å². The van der Waals surface area contributed by atoms with Gasteiger partial charge in [-0.1, -0.05) is 17.7 Å². The van der Waals surface area contributed by atoms with Crippen LogP contribution in [0.1, 0.15) is 23.2 Å². The van der Waals surface area contributed by atoms with Crippen LogP contribution in [0.5, 0.6) is 5.75 Å². The molecule has 4 rings (SSSR count). The van der Waals surface area contributed by atoms with Crippen LogP contribution in [0.4, 0.5) is 5.69 Å². The number of nitrogens with one attached hydrogen (secondary N) is 1. The van der Waals surface area contributed by atoms with Crippen LogP contribution in [0.2, 0.25) is 5.02 Å². The molecule has 2 aromatic rings. The molecule has 0 bridgehead atoms. The molecule has 10 heteroatoms. The van der Waals surface area contributed by atoms with Crippen molar-refractivity contribution in [1.82, 2.24) is 4.90 Å². The molecule has 2 saturated heterocycles. The minimum Gasteiger partial charge on any atom is -0.495 e. The van der Waals surface area contributed by atoms with Crippen LogP contribution in [0.25, 0.3) is 0 Å². The average Bonchev–Trinajstić information content (AvgIpc) is 3.22. The van der Waals surface area contributed by atoms with Gasteiger partial charge in [0.15, 0.2) is 5.79 Å². The van der Waals surface area contributed by atoms with E-state index >= 15 is 0 Å². The average molecular weight is 467 g/mol. The minimum absolute atomic E-state index is 0.0312. The van der Waals surface area contributed by atoms with Crippen molar-refractivity contribution in [2.75, 3.05) is 38.1 Å². The number of ether oxygens (including phenoxy) is 3. The number of carbonyl (C=O) groups is 1. The Morgan fingerprint density at radius 2 is 1.84 bits per heavy atom. The van der Waals surface area contributed by atoms with Crippen LogP contribution in [0.15, 0.2) is 47.4 Å². The van der Waals surface area contributed by atoms with E-state index in [4.69, 9.17) is 25.8 Å². The molecule has 1 N–H and O–H groups in total. The summed E-state index contributed by atoms with van der Waals surface area (Å²) in [5.41, 5.74) is 0.509. The van der Waals surface area contributed by atoms with Crippen molar-refractivity contribution >= 4 is 33.2 Å². The molecule has 0 radical (unpaired) electrons. The van der Waals surface area contributed by atoms with Crippen LogP contribution in [0, 0.1) is 0 Å². The summed E-state index contributed by atoms with van der Waals surface area (Å²) in [7, 11) is -2.53. The number of hydrogen-bond donors (Lipinski definition) is 1. The van der Waals surface area contributed by atoms with Gasteiger partial charge in [-0.25, -0.2) is 8.42 Å². The van der Waals surface area contributed by atoms with Gasteiger partial charge in [0.05, 0.1) is 30.9 Å². The van der Waals surface area contributed by atoms with E-state index in [0.717, 1.165) is 0 Å². The second kappa shape index (κ2) is 8.66. The summed E-state index contributed by atoms with van der Waals surface area (Å²) in [5, 5.41) is 0.362.